The first kappa shape index (κ1) is 40.8. The maximum absolute atomic E-state index is 6.45. The third-order valence-electron chi connectivity index (χ3n) is 9.61. The summed E-state index contributed by atoms with van der Waals surface area (Å²) in [6.45, 7) is 14.0. The van der Waals surface area contributed by atoms with E-state index < -0.39 is 0 Å². The Bertz CT molecular complexity index is 513. The van der Waals surface area contributed by atoms with Gasteiger partial charge in [0.2, 0.25) is 0 Å². The lowest BCUT2D eigenvalue weighted by molar-refractivity contribution is -0.0981. The van der Waals surface area contributed by atoms with Gasteiger partial charge in [0.1, 0.15) is 6.23 Å². The van der Waals surface area contributed by atoms with Gasteiger partial charge in [0.05, 0.1) is 13.2 Å². The van der Waals surface area contributed by atoms with Crippen LogP contribution in [0.2, 0.25) is 0 Å². The summed E-state index contributed by atoms with van der Waals surface area (Å²) >= 11 is 0. The summed E-state index contributed by atoms with van der Waals surface area (Å²) in [5.74, 6) is 0. The van der Waals surface area contributed by atoms with E-state index in [1.807, 2.05) is 0 Å². The van der Waals surface area contributed by atoms with Gasteiger partial charge in [-0.3, -0.25) is 9.80 Å². The predicted molar refractivity (Wildman–Crippen MR) is 189 cm³/mol. The van der Waals surface area contributed by atoms with Crippen molar-refractivity contribution in [2.75, 3.05) is 73.2 Å². The lowest BCUT2D eigenvalue weighted by Crippen LogP contribution is -2.53. The molecule has 0 bridgehead atoms. The molecule has 0 aliphatic carbocycles. The van der Waals surface area contributed by atoms with E-state index in [-0.39, 0.29) is 6.23 Å². The molecule has 258 valence electrons. The number of methoxy groups -OCH3 is 1. The van der Waals surface area contributed by atoms with Crippen LogP contribution >= 0.6 is 0 Å². The Labute approximate surface area is 271 Å². The fourth-order valence-electron chi connectivity index (χ4n) is 6.52. The van der Waals surface area contributed by atoms with E-state index in [1.165, 1.54) is 167 Å². The molecule has 5 heteroatoms. The van der Waals surface area contributed by atoms with Crippen molar-refractivity contribution in [2.24, 2.45) is 0 Å². The van der Waals surface area contributed by atoms with E-state index in [2.05, 4.69) is 35.6 Å². The summed E-state index contributed by atoms with van der Waals surface area (Å²) in [5.41, 5.74) is 0. The minimum absolute atomic E-state index is 0.193. The molecule has 0 radical (unpaired) electrons. The average Bonchev–Trinajstić information content (AvgIpc) is 3.01. The third kappa shape index (κ3) is 25.7. The van der Waals surface area contributed by atoms with Crippen LogP contribution in [-0.2, 0) is 9.47 Å². The molecule has 1 aliphatic rings. The molecule has 1 aliphatic heterocycles. The van der Waals surface area contributed by atoms with Crippen molar-refractivity contribution in [1.29, 1.82) is 0 Å². The Kier molecular flexibility index (Phi) is 30.2. The molecule has 43 heavy (non-hydrogen) atoms. The Balaban J connectivity index is 2.36. The fraction of sp³-hybridized carbons (Fsp3) is 1.00. The van der Waals surface area contributed by atoms with Crippen molar-refractivity contribution in [3.8, 4) is 0 Å². The first-order chi connectivity index (χ1) is 21.2. The zero-order valence-corrected chi connectivity index (χ0v) is 30.1. The smallest absolute Gasteiger partial charge is 0.123 e. The lowest BCUT2D eigenvalue weighted by atomic mass is 10.0. The quantitative estimate of drug-likeness (QED) is 0.0691. The zero-order valence-electron chi connectivity index (χ0n) is 30.1. The van der Waals surface area contributed by atoms with Crippen molar-refractivity contribution in [2.45, 2.75) is 174 Å². The number of hydrogen-bond donors (Lipinski definition) is 0. The van der Waals surface area contributed by atoms with E-state index in [0.717, 1.165) is 32.7 Å². The van der Waals surface area contributed by atoms with Gasteiger partial charge in [0.15, 0.2) is 0 Å². The lowest BCUT2D eigenvalue weighted by Gasteiger charge is -2.39. The van der Waals surface area contributed by atoms with Crippen LogP contribution in [0.15, 0.2) is 0 Å². The molecule has 1 heterocycles. The monoisotopic (exact) mass is 610 g/mol. The van der Waals surface area contributed by atoms with E-state index in [9.17, 15) is 0 Å². The molecule has 1 atom stereocenters. The van der Waals surface area contributed by atoms with Crippen LogP contribution in [0.1, 0.15) is 168 Å². The van der Waals surface area contributed by atoms with Gasteiger partial charge in [0, 0.05) is 39.8 Å². The largest absolute Gasteiger partial charge is 0.382 e. The summed E-state index contributed by atoms with van der Waals surface area (Å²) in [5, 5.41) is 0. The van der Waals surface area contributed by atoms with Gasteiger partial charge in [-0.2, -0.15) is 0 Å². The van der Waals surface area contributed by atoms with Gasteiger partial charge in [0.25, 0.3) is 0 Å². The standard InChI is InChI=1S/C38H79N3O2/c1-5-7-9-11-13-15-17-19-21-23-25-27-29-40(30-28-26-24-22-20-18-16-14-12-10-8-6-2)37-38(43-36-35-42-4)41-33-31-39(3)32-34-41/h38H,5-37H2,1-4H3. The van der Waals surface area contributed by atoms with Crippen molar-refractivity contribution in [1.82, 2.24) is 14.7 Å². The molecule has 0 amide bonds. The molecule has 0 N–H and O–H groups in total. The van der Waals surface area contributed by atoms with Gasteiger partial charge < -0.3 is 14.4 Å². The Morgan fingerprint density at radius 3 is 1.26 bits per heavy atom. The maximum atomic E-state index is 6.45. The first-order valence-corrected chi connectivity index (χ1v) is 19.5. The van der Waals surface area contributed by atoms with Crippen molar-refractivity contribution >= 4 is 0 Å². The Morgan fingerprint density at radius 2 is 0.884 bits per heavy atom. The minimum atomic E-state index is 0.193. The van der Waals surface area contributed by atoms with Gasteiger partial charge in [-0.1, -0.05) is 155 Å². The molecule has 1 rings (SSSR count). The molecule has 0 aromatic rings. The van der Waals surface area contributed by atoms with Crippen LogP contribution in [0.5, 0.6) is 0 Å². The van der Waals surface area contributed by atoms with Gasteiger partial charge >= 0.3 is 0 Å². The SMILES string of the molecule is CCCCCCCCCCCCCCN(CCCCCCCCCCCCCC)CC(OCCOC)N1CCN(C)CC1. The Hall–Kier alpha value is -0.200. The molecule has 0 aromatic carbocycles. The highest BCUT2D eigenvalue weighted by Gasteiger charge is 2.25. The summed E-state index contributed by atoms with van der Waals surface area (Å²) in [6, 6.07) is 0. The second-order valence-electron chi connectivity index (χ2n) is 13.7. The molecule has 0 aromatic heterocycles. The molecule has 0 spiro atoms. The number of unbranched alkanes of at least 4 members (excludes halogenated alkanes) is 22. The van der Waals surface area contributed by atoms with E-state index in [1.54, 1.807) is 7.11 Å². The highest BCUT2D eigenvalue weighted by molar-refractivity contribution is 4.75. The summed E-state index contributed by atoms with van der Waals surface area (Å²) in [4.78, 5) is 7.79. The summed E-state index contributed by atoms with van der Waals surface area (Å²) in [7, 11) is 4.02. The molecular weight excluding hydrogens is 530 g/mol. The number of piperazine rings is 1. The average molecular weight is 610 g/mol. The zero-order chi connectivity index (χ0) is 31.1. The van der Waals surface area contributed by atoms with Crippen molar-refractivity contribution in [3.05, 3.63) is 0 Å². The Morgan fingerprint density at radius 1 is 0.512 bits per heavy atom. The number of likely N-dealkylation sites (N-methyl/N-ethyl adjacent to an activating group) is 1. The van der Waals surface area contributed by atoms with Crippen LogP contribution in [0, 0.1) is 0 Å². The molecule has 1 fully saturated rings. The second kappa shape index (κ2) is 31.8. The summed E-state index contributed by atoms with van der Waals surface area (Å²) in [6.07, 6.45) is 34.2. The highest BCUT2D eigenvalue weighted by Crippen LogP contribution is 2.16. The van der Waals surface area contributed by atoms with Gasteiger partial charge in [-0.25, -0.2) is 0 Å². The molecular formula is C38H79N3O2. The summed E-state index contributed by atoms with van der Waals surface area (Å²) < 4.78 is 11.8. The maximum Gasteiger partial charge on any atom is 0.123 e. The number of nitrogens with zero attached hydrogens (tertiary/aromatic N) is 3. The molecule has 5 nitrogen and oxygen atoms in total. The second-order valence-corrected chi connectivity index (χ2v) is 13.7. The fourth-order valence-corrected chi connectivity index (χ4v) is 6.52. The molecule has 0 saturated carbocycles. The van der Waals surface area contributed by atoms with Crippen molar-refractivity contribution < 1.29 is 9.47 Å². The normalized spacial score (nSPS) is 15.6. The van der Waals surface area contributed by atoms with Crippen LogP contribution in [0.3, 0.4) is 0 Å². The molecule has 1 saturated heterocycles. The van der Waals surface area contributed by atoms with Crippen LogP contribution in [0.4, 0.5) is 0 Å². The van der Waals surface area contributed by atoms with Crippen molar-refractivity contribution in [3.63, 3.8) is 0 Å². The van der Waals surface area contributed by atoms with E-state index >= 15 is 0 Å². The number of rotatable bonds is 33. The van der Waals surface area contributed by atoms with Crippen LogP contribution in [-0.4, -0.2) is 94.1 Å². The van der Waals surface area contributed by atoms with Crippen LogP contribution < -0.4 is 0 Å². The minimum Gasteiger partial charge on any atom is -0.382 e. The number of ether oxygens (including phenoxy) is 2. The number of hydrogen-bond acceptors (Lipinski definition) is 5. The third-order valence-corrected chi connectivity index (χ3v) is 9.61. The van der Waals surface area contributed by atoms with Gasteiger partial charge in [-0.15, -0.1) is 0 Å². The topological polar surface area (TPSA) is 28.2 Å². The van der Waals surface area contributed by atoms with Crippen LogP contribution in [0.25, 0.3) is 0 Å². The first-order valence-electron chi connectivity index (χ1n) is 19.5. The van der Waals surface area contributed by atoms with E-state index in [4.69, 9.17) is 9.47 Å². The molecule has 1 unspecified atom stereocenters. The van der Waals surface area contributed by atoms with E-state index in [0.29, 0.717) is 13.2 Å². The predicted octanol–water partition coefficient (Wildman–Crippen LogP) is 9.93. The highest BCUT2D eigenvalue weighted by atomic mass is 16.5. The van der Waals surface area contributed by atoms with Gasteiger partial charge in [-0.05, 0) is 33.0 Å².